The Kier molecular flexibility index (Phi) is 4.77. The average molecular weight is 325 g/mol. The molecule has 5 nitrogen and oxygen atoms in total. The molecule has 0 aliphatic carbocycles. The number of nitrogens with one attached hydrogen (secondary N) is 1. The third-order valence-corrected chi connectivity index (χ3v) is 3.39. The number of halogens is 2. The molecule has 0 unspecified atom stereocenters. The van der Waals surface area contributed by atoms with Crippen LogP contribution >= 0.6 is 23.2 Å². The largest absolute Gasteiger partial charge is 0.348 e. The predicted octanol–water partition coefficient (Wildman–Crippen LogP) is 3.83. The van der Waals surface area contributed by atoms with Crippen molar-refractivity contribution in [3.8, 4) is 0 Å². The molecule has 1 amide bonds. The highest BCUT2D eigenvalue weighted by Crippen LogP contribution is 2.27. The van der Waals surface area contributed by atoms with E-state index in [1.165, 1.54) is 18.2 Å². The highest BCUT2D eigenvalue weighted by atomic mass is 35.5. The van der Waals surface area contributed by atoms with Gasteiger partial charge in [-0.25, -0.2) is 0 Å². The van der Waals surface area contributed by atoms with E-state index in [0.29, 0.717) is 5.02 Å². The molecule has 0 saturated heterocycles. The Labute approximate surface area is 130 Å². The van der Waals surface area contributed by atoms with Crippen molar-refractivity contribution >= 4 is 34.8 Å². The second kappa shape index (κ2) is 6.56. The van der Waals surface area contributed by atoms with E-state index in [2.05, 4.69) is 5.32 Å². The number of nitrogens with zero attached hydrogens (tertiary/aromatic N) is 1. The van der Waals surface area contributed by atoms with Gasteiger partial charge in [0.25, 0.3) is 11.6 Å². The first-order valence-corrected chi connectivity index (χ1v) is 6.70. The highest BCUT2D eigenvalue weighted by molar-refractivity contribution is 6.35. The lowest BCUT2D eigenvalue weighted by atomic mass is 10.1. The van der Waals surface area contributed by atoms with Gasteiger partial charge in [0.2, 0.25) is 0 Å². The van der Waals surface area contributed by atoms with Crippen LogP contribution in [0.2, 0.25) is 10.0 Å². The first kappa shape index (κ1) is 15.3. The zero-order valence-corrected chi connectivity index (χ0v) is 12.2. The topological polar surface area (TPSA) is 72.2 Å². The maximum absolute atomic E-state index is 12.0. The first-order valence-electron chi connectivity index (χ1n) is 5.94. The van der Waals surface area contributed by atoms with Gasteiger partial charge in [0.05, 0.1) is 10.5 Å². The van der Waals surface area contributed by atoms with Gasteiger partial charge in [0.1, 0.15) is 5.02 Å². The fourth-order valence-electron chi connectivity index (χ4n) is 1.76. The van der Waals surface area contributed by atoms with Crippen molar-refractivity contribution in [2.75, 3.05) is 0 Å². The minimum atomic E-state index is -0.629. The van der Waals surface area contributed by atoms with Gasteiger partial charge >= 0.3 is 0 Å². The maximum Gasteiger partial charge on any atom is 0.288 e. The number of carbonyl (C=O) groups is 1. The summed E-state index contributed by atoms with van der Waals surface area (Å²) in [6.45, 7) is 0.248. The molecule has 0 fully saturated rings. The number of nitro groups is 1. The Morgan fingerprint density at radius 2 is 1.90 bits per heavy atom. The van der Waals surface area contributed by atoms with E-state index in [1.54, 1.807) is 24.3 Å². The summed E-state index contributed by atoms with van der Waals surface area (Å²) in [6.07, 6.45) is 0. The summed E-state index contributed by atoms with van der Waals surface area (Å²) in [6, 6.07) is 11.1. The fraction of sp³-hybridized carbons (Fsp3) is 0.0714. The number of rotatable bonds is 4. The van der Waals surface area contributed by atoms with Crippen LogP contribution in [0.25, 0.3) is 0 Å². The van der Waals surface area contributed by atoms with E-state index in [0.717, 1.165) is 5.56 Å². The summed E-state index contributed by atoms with van der Waals surface area (Å²) < 4.78 is 0. The number of nitro benzene ring substituents is 1. The van der Waals surface area contributed by atoms with Crippen molar-refractivity contribution in [3.63, 3.8) is 0 Å². The Morgan fingerprint density at radius 1 is 1.19 bits per heavy atom. The SMILES string of the molecule is O=C(NCc1cccc(Cl)c1)c1cccc([N+](=O)[O-])c1Cl. The molecule has 2 rings (SSSR count). The molecule has 0 bridgehead atoms. The molecular formula is C14H10Cl2N2O3. The second-order valence-electron chi connectivity index (χ2n) is 4.21. The van der Waals surface area contributed by atoms with E-state index in [1.807, 2.05) is 0 Å². The highest BCUT2D eigenvalue weighted by Gasteiger charge is 2.19. The molecule has 0 aliphatic rings. The third-order valence-electron chi connectivity index (χ3n) is 2.76. The van der Waals surface area contributed by atoms with Crippen LogP contribution in [-0.4, -0.2) is 10.8 Å². The average Bonchev–Trinajstić information content (AvgIpc) is 2.45. The maximum atomic E-state index is 12.0. The summed E-state index contributed by atoms with van der Waals surface area (Å²) in [5, 5.41) is 13.8. The Hall–Kier alpha value is -2.11. The number of carbonyl (C=O) groups excluding carboxylic acids is 1. The quantitative estimate of drug-likeness (QED) is 0.686. The normalized spacial score (nSPS) is 10.2. The van der Waals surface area contributed by atoms with Crippen LogP contribution in [0.1, 0.15) is 15.9 Å². The number of benzene rings is 2. The molecule has 21 heavy (non-hydrogen) atoms. The second-order valence-corrected chi connectivity index (χ2v) is 5.02. The summed E-state index contributed by atoms with van der Waals surface area (Å²) in [5.74, 6) is -0.483. The molecule has 108 valence electrons. The van der Waals surface area contributed by atoms with E-state index in [9.17, 15) is 14.9 Å². The lowest BCUT2D eigenvalue weighted by Gasteiger charge is -2.07. The number of amides is 1. The Bertz CT molecular complexity index is 704. The van der Waals surface area contributed by atoms with Crippen LogP contribution in [0.4, 0.5) is 5.69 Å². The summed E-state index contributed by atoms with van der Waals surface area (Å²) in [4.78, 5) is 22.2. The van der Waals surface area contributed by atoms with Crippen LogP contribution < -0.4 is 5.32 Å². The van der Waals surface area contributed by atoms with E-state index in [-0.39, 0.29) is 22.8 Å². The van der Waals surface area contributed by atoms with Gasteiger partial charge in [-0.15, -0.1) is 0 Å². The molecule has 0 aromatic heterocycles. The van der Waals surface area contributed by atoms with Crippen molar-refractivity contribution in [2.45, 2.75) is 6.54 Å². The van der Waals surface area contributed by atoms with Crippen LogP contribution in [0, 0.1) is 10.1 Å². The molecular weight excluding hydrogens is 315 g/mol. The van der Waals surface area contributed by atoms with Crippen molar-refractivity contribution in [2.24, 2.45) is 0 Å². The van der Waals surface area contributed by atoms with Gasteiger partial charge in [-0.1, -0.05) is 41.4 Å². The van der Waals surface area contributed by atoms with Crippen LogP contribution in [-0.2, 0) is 6.54 Å². The standard InChI is InChI=1S/C14H10Cl2N2O3/c15-10-4-1-3-9(7-10)8-17-14(19)11-5-2-6-12(13(11)16)18(20)21/h1-7H,8H2,(H,17,19). The minimum Gasteiger partial charge on any atom is -0.348 e. The van der Waals surface area contributed by atoms with Crippen LogP contribution in [0.15, 0.2) is 42.5 Å². The predicted molar refractivity (Wildman–Crippen MR) is 80.7 cm³/mol. The van der Waals surface area contributed by atoms with Gasteiger partial charge in [0.15, 0.2) is 0 Å². The lowest BCUT2D eigenvalue weighted by molar-refractivity contribution is -0.384. The van der Waals surface area contributed by atoms with Crippen molar-refractivity contribution in [1.29, 1.82) is 0 Å². The molecule has 0 atom stereocenters. The summed E-state index contributed by atoms with van der Waals surface area (Å²) in [7, 11) is 0. The van der Waals surface area contributed by atoms with Crippen LogP contribution in [0.5, 0.6) is 0 Å². The van der Waals surface area contributed by atoms with Crippen molar-refractivity contribution < 1.29 is 9.72 Å². The van der Waals surface area contributed by atoms with Gasteiger partial charge < -0.3 is 5.32 Å². The van der Waals surface area contributed by atoms with Gasteiger partial charge in [-0.3, -0.25) is 14.9 Å². The smallest absolute Gasteiger partial charge is 0.288 e. The van der Waals surface area contributed by atoms with Crippen LogP contribution in [0.3, 0.4) is 0 Å². The van der Waals surface area contributed by atoms with E-state index in [4.69, 9.17) is 23.2 Å². The third kappa shape index (κ3) is 3.71. The number of hydrogen-bond acceptors (Lipinski definition) is 3. The minimum absolute atomic E-state index is 0.0629. The summed E-state index contributed by atoms with van der Waals surface area (Å²) >= 11 is 11.7. The monoisotopic (exact) mass is 324 g/mol. The fourth-order valence-corrected chi connectivity index (χ4v) is 2.25. The van der Waals surface area contributed by atoms with Gasteiger partial charge in [0, 0.05) is 17.6 Å². The van der Waals surface area contributed by atoms with Gasteiger partial charge in [-0.05, 0) is 23.8 Å². The molecule has 0 heterocycles. The molecule has 2 aromatic carbocycles. The van der Waals surface area contributed by atoms with E-state index < -0.39 is 10.8 Å². The summed E-state index contributed by atoms with van der Waals surface area (Å²) in [5.41, 5.74) is 0.581. The lowest BCUT2D eigenvalue weighted by Crippen LogP contribution is -2.23. The zero-order valence-electron chi connectivity index (χ0n) is 10.7. The zero-order chi connectivity index (χ0) is 15.4. The first-order chi connectivity index (χ1) is 9.99. The molecule has 0 spiro atoms. The van der Waals surface area contributed by atoms with E-state index >= 15 is 0 Å². The molecule has 0 radical (unpaired) electrons. The van der Waals surface area contributed by atoms with Crippen molar-refractivity contribution in [3.05, 3.63) is 73.8 Å². The van der Waals surface area contributed by atoms with Gasteiger partial charge in [-0.2, -0.15) is 0 Å². The molecule has 0 aliphatic heterocycles. The Balaban J connectivity index is 2.14. The van der Waals surface area contributed by atoms with Crippen molar-refractivity contribution in [1.82, 2.24) is 5.32 Å². The molecule has 2 aromatic rings. The molecule has 7 heteroatoms. The number of hydrogen-bond donors (Lipinski definition) is 1. The Morgan fingerprint density at radius 3 is 2.57 bits per heavy atom. The molecule has 0 saturated carbocycles. The molecule has 1 N–H and O–H groups in total.